The number of esters is 1. The summed E-state index contributed by atoms with van der Waals surface area (Å²) in [6, 6.07) is 12.3. The third-order valence-corrected chi connectivity index (χ3v) is 6.66. The molecule has 0 saturated carbocycles. The number of nitriles is 1. The predicted molar refractivity (Wildman–Crippen MR) is 106 cm³/mol. The normalized spacial score (nSPS) is 15.2. The Hall–Kier alpha value is -2.89. The number of ether oxygens (including phenoxy) is 2. The van der Waals surface area contributed by atoms with Gasteiger partial charge in [0.2, 0.25) is 10.0 Å². The van der Waals surface area contributed by atoms with Crippen LogP contribution in [0.1, 0.15) is 41.6 Å². The fourth-order valence-corrected chi connectivity index (χ4v) is 4.76. The standard InChI is InChI=1S/C21H22N2O5S/c1-27-20-13-16(15-22)9-10-19(20)28-21(24)17-7-6-8-18(14-17)29(25,26)23-11-4-2-3-5-12-23/h6-10,13-14H,2-5,11-12H2,1H3. The smallest absolute Gasteiger partial charge is 0.343 e. The Labute approximate surface area is 170 Å². The third-order valence-electron chi connectivity index (χ3n) is 4.77. The van der Waals surface area contributed by atoms with E-state index in [1.807, 2.05) is 6.07 Å². The van der Waals surface area contributed by atoms with Gasteiger partial charge in [0, 0.05) is 19.2 Å². The number of hydrogen-bond acceptors (Lipinski definition) is 6. The lowest BCUT2D eigenvalue weighted by atomic mass is 10.2. The number of carbonyl (C=O) groups excluding carboxylic acids is 1. The van der Waals surface area contributed by atoms with Gasteiger partial charge in [-0.2, -0.15) is 9.57 Å². The molecule has 3 rings (SSSR count). The van der Waals surface area contributed by atoms with E-state index >= 15 is 0 Å². The van der Waals surface area contributed by atoms with Crippen molar-refractivity contribution in [2.24, 2.45) is 0 Å². The number of methoxy groups -OCH3 is 1. The second-order valence-corrected chi connectivity index (χ2v) is 8.65. The van der Waals surface area contributed by atoms with Crippen molar-refractivity contribution < 1.29 is 22.7 Å². The van der Waals surface area contributed by atoms with Crippen molar-refractivity contribution in [3.05, 3.63) is 53.6 Å². The summed E-state index contributed by atoms with van der Waals surface area (Å²) in [5.41, 5.74) is 0.486. The molecule has 152 valence electrons. The van der Waals surface area contributed by atoms with E-state index in [0.29, 0.717) is 18.7 Å². The van der Waals surface area contributed by atoms with E-state index < -0.39 is 16.0 Å². The van der Waals surface area contributed by atoms with Crippen molar-refractivity contribution in [3.8, 4) is 17.6 Å². The molecule has 1 heterocycles. The molecular formula is C21H22N2O5S. The summed E-state index contributed by atoms with van der Waals surface area (Å²) in [5.74, 6) is -0.316. The van der Waals surface area contributed by atoms with Crippen LogP contribution in [0.5, 0.6) is 11.5 Å². The van der Waals surface area contributed by atoms with Crippen molar-refractivity contribution in [1.29, 1.82) is 5.26 Å². The van der Waals surface area contributed by atoms with Gasteiger partial charge in [-0.15, -0.1) is 0 Å². The summed E-state index contributed by atoms with van der Waals surface area (Å²) in [4.78, 5) is 12.7. The van der Waals surface area contributed by atoms with E-state index in [4.69, 9.17) is 14.7 Å². The molecule has 1 saturated heterocycles. The highest BCUT2D eigenvalue weighted by Gasteiger charge is 2.26. The molecule has 2 aromatic carbocycles. The fraction of sp³-hybridized carbons (Fsp3) is 0.333. The zero-order valence-electron chi connectivity index (χ0n) is 16.1. The first-order chi connectivity index (χ1) is 14.0. The molecule has 0 radical (unpaired) electrons. The van der Waals surface area contributed by atoms with E-state index in [0.717, 1.165) is 25.7 Å². The van der Waals surface area contributed by atoms with E-state index in [1.165, 1.54) is 53.9 Å². The molecule has 0 bridgehead atoms. The van der Waals surface area contributed by atoms with Gasteiger partial charge in [0.15, 0.2) is 11.5 Å². The van der Waals surface area contributed by atoms with E-state index in [9.17, 15) is 13.2 Å². The Morgan fingerprint density at radius 2 is 1.76 bits per heavy atom. The van der Waals surface area contributed by atoms with Gasteiger partial charge >= 0.3 is 5.97 Å². The number of sulfonamides is 1. The van der Waals surface area contributed by atoms with Crippen molar-refractivity contribution in [3.63, 3.8) is 0 Å². The van der Waals surface area contributed by atoms with Gasteiger partial charge in [0.25, 0.3) is 0 Å². The molecule has 29 heavy (non-hydrogen) atoms. The van der Waals surface area contributed by atoms with Crippen molar-refractivity contribution in [1.82, 2.24) is 4.31 Å². The van der Waals surface area contributed by atoms with E-state index in [1.54, 1.807) is 0 Å². The molecule has 1 fully saturated rings. The molecule has 1 aliphatic rings. The monoisotopic (exact) mass is 414 g/mol. The fourth-order valence-electron chi connectivity index (χ4n) is 3.19. The lowest BCUT2D eigenvalue weighted by molar-refractivity contribution is 0.0729. The van der Waals surface area contributed by atoms with Gasteiger partial charge < -0.3 is 9.47 Å². The molecule has 0 aromatic heterocycles. The highest BCUT2D eigenvalue weighted by molar-refractivity contribution is 7.89. The number of benzene rings is 2. The van der Waals surface area contributed by atoms with Gasteiger partial charge in [0.1, 0.15) is 0 Å². The van der Waals surface area contributed by atoms with Crippen LogP contribution in [0.2, 0.25) is 0 Å². The van der Waals surface area contributed by atoms with Crippen LogP contribution in [0.25, 0.3) is 0 Å². The SMILES string of the molecule is COc1cc(C#N)ccc1OC(=O)c1cccc(S(=O)(=O)N2CCCCCC2)c1. The highest BCUT2D eigenvalue weighted by Crippen LogP contribution is 2.29. The largest absolute Gasteiger partial charge is 0.493 e. The average Bonchev–Trinajstić information content (AvgIpc) is 3.04. The van der Waals surface area contributed by atoms with Crippen molar-refractivity contribution in [2.75, 3.05) is 20.2 Å². The van der Waals surface area contributed by atoms with Crippen LogP contribution < -0.4 is 9.47 Å². The number of carbonyl (C=O) groups is 1. The molecule has 2 aromatic rings. The summed E-state index contributed by atoms with van der Waals surface area (Å²) in [6.07, 6.45) is 3.70. The summed E-state index contributed by atoms with van der Waals surface area (Å²) in [5, 5.41) is 8.97. The molecule has 0 amide bonds. The Kier molecular flexibility index (Phi) is 6.52. The van der Waals surface area contributed by atoms with Gasteiger partial charge in [-0.05, 0) is 43.2 Å². The Morgan fingerprint density at radius 3 is 2.41 bits per heavy atom. The maximum atomic E-state index is 13.0. The lowest BCUT2D eigenvalue weighted by Crippen LogP contribution is -2.32. The van der Waals surface area contributed by atoms with Crippen LogP contribution in [0.15, 0.2) is 47.4 Å². The quantitative estimate of drug-likeness (QED) is 0.550. The van der Waals surface area contributed by atoms with E-state index in [-0.39, 0.29) is 22.0 Å². The Balaban J connectivity index is 1.84. The lowest BCUT2D eigenvalue weighted by Gasteiger charge is -2.20. The van der Waals surface area contributed by atoms with Crippen LogP contribution >= 0.6 is 0 Å². The van der Waals surface area contributed by atoms with Gasteiger partial charge in [-0.1, -0.05) is 18.9 Å². The van der Waals surface area contributed by atoms with Gasteiger partial charge in [-0.3, -0.25) is 0 Å². The average molecular weight is 414 g/mol. The second kappa shape index (κ2) is 9.07. The van der Waals surface area contributed by atoms with Crippen molar-refractivity contribution in [2.45, 2.75) is 30.6 Å². The third kappa shape index (κ3) is 4.75. The van der Waals surface area contributed by atoms with Crippen LogP contribution in [0.4, 0.5) is 0 Å². The number of nitrogens with zero attached hydrogens (tertiary/aromatic N) is 2. The minimum Gasteiger partial charge on any atom is -0.493 e. The first kappa shape index (κ1) is 20.8. The highest BCUT2D eigenvalue weighted by atomic mass is 32.2. The zero-order chi connectivity index (χ0) is 20.9. The first-order valence-corrected chi connectivity index (χ1v) is 10.8. The summed E-state index contributed by atoms with van der Waals surface area (Å²) in [7, 11) is -2.27. The van der Waals surface area contributed by atoms with Gasteiger partial charge in [0.05, 0.1) is 29.2 Å². The predicted octanol–water partition coefficient (Wildman–Crippen LogP) is 3.35. The maximum absolute atomic E-state index is 13.0. The van der Waals surface area contributed by atoms with Crippen molar-refractivity contribution >= 4 is 16.0 Å². The topological polar surface area (TPSA) is 96.7 Å². The maximum Gasteiger partial charge on any atom is 0.343 e. The Bertz CT molecular complexity index is 1040. The Morgan fingerprint density at radius 1 is 1.03 bits per heavy atom. The summed E-state index contributed by atoms with van der Waals surface area (Å²) in [6.45, 7) is 0.971. The summed E-state index contributed by atoms with van der Waals surface area (Å²) >= 11 is 0. The first-order valence-electron chi connectivity index (χ1n) is 9.36. The molecule has 0 N–H and O–H groups in total. The minimum atomic E-state index is -3.67. The molecular weight excluding hydrogens is 392 g/mol. The number of rotatable bonds is 5. The molecule has 0 aliphatic carbocycles. The molecule has 0 atom stereocenters. The molecule has 0 spiro atoms. The number of hydrogen-bond donors (Lipinski definition) is 0. The summed E-state index contributed by atoms with van der Waals surface area (Å²) < 4.78 is 38.0. The van der Waals surface area contributed by atoms with Crippen LogP contribution in [-0.2, 0) is 10.0 Å². The zero-order valence-corrected chi connectivity index (χ0v) is 16.9. The minimum absolute atomic E-state index is 0.0700. The molecule has 8 heteroatoms. The van der Waals surface area contributed by atoms with E-state index in [2.05, 4.69) is 0 Å². The van der Waals surface area contributed by atoms with Crippen LogP contribution in [0.3, 0.4) is 0 Å². The van der Waals surface area contributed by atoms with Gasteiger partial charge in [-0.25, -0.2) is 13.2 Å². The molecule has 0 unspecified atom stereocenters. The van der Waals surface area contributed by atoms with Crippen LogP contribution in [0, 0.1) is 11.3 Å². The van der Waals surface area contributed by atoms with Crippen LogP contribution in [-0.4, -0.2) is 38.9 Å². The molecule has 7 nitrogen and oxygen atoms in total. The molecule has 1 aliphatic heterocycles. The second-order valence-electron chi connectivity index (χ2n) is 6.71.